The van der Waals surface area contributed by atoms with Gasteiger partial charge in [0.1, 0.15) is 18.2 Å². The highest BCUT2D eigenvalue weighted by atomic mass is 32.2. The smallest absolute Gasteiger partial charge is 0.191 e. The molecule has 29 heavy (non-hydrogen) atoms. The van der Waals surface area contributed by atoms with E-state index in [-0.39, 0.29) is 12.4 Å². The van der Waals surface area contributed by atoms with Crippen LogP contribution in [0.1, 0.15) is 11.4 Å². The van der Waals surface area contributed by atoms with Gasteiger partial charge in [0.15, 0.2) is 11.0 Å². The van der Waals surface area contributed by atoms with E-state index in [2.05, 4.69) is 53.2 Å². The molecule has 4 rings (SSSR count). The zero-order valence-electron chi connectivity index (χ0n) is 15.8. The number of ether oxygens (including phenoxy) is 1. The lowest BCUT2D eigenvalue weighted by molar-refractivity contribution is 0.288. The third-order valence-corrected chi connectivity index (χ3v) is 5.54. The summed E-state index contributed by atoms with van der Waals surface area (Å²) in [5.41, 5.74) is 1.25. The predicted octanol–water partition coefficient (Wildman–Crippen LogP) is 5.63. The Labute approximate surface area is 173 Å². The molecule has 1 aromatic heterocycles. The summed E-state index contributed by atoms with van der Waals surface area (Å²) < 4.78 is 20.8. The van der Waals surface area contributed by atoms with Crippen LogP contribution in [0.4, 0.5) is 4.39 Å². The molecule has 0 saturated heterocycles. The lowest BCUT2D eigenvalue weighted by Crippen LogP contribution is -2.07. The van der Waals surface area contributed by atoms with E-state index in [9.17, 15) is 4.39 Å². The molecule has 6 heteroatoms. The standard InChI is InChI=1S/C23H20FN3OS/c1-2-14-27-22(15-28-20-12-10-19(24)11-13-20)25-26-23(27)29-16-18-8-5-7-17-6-3-4-9-21(17)18/h2-13H,1,14-16H2. The molecule has 0 aliphatic rings. The van der Waals surface area contributed by atoms with Crippen molar-refractivity contribution in [3.05, 3.63) is 96.6 Å². The van der Waals surface area contributed by atoms with Crippen molar-refractivity contribution in [2.24, 2.45) is 0 Å². The van der Waals surface area contributed by atoms with Crippen LogP contribution in [-0.2, 0) is 18.9 Å². The largest absolute Gasteiger partial charge is 0.486 e. The summed E-state index contributed by atoms with van der Waals surface area (Å²) in [6, 6.07) is 20.6. The second-order valence-corrected chi connectivity index (χ2v) is 7.41. The maximum Gasteiger partial charge on any atom is 0.191 e. The molecule has 4 nitrogen and oxygen atoms in total. The molecule has 0 saturated carbocycles. The molecule has 146 valence electrons. The highest BCUT2D eigenvalue weighted by Gasteiger charge is 2.13. The van der Waals surface area contributed by atoms with E-state index in [0.29, 0.717) is 18.1 Å². The van der Waals surface area contributed by atoms with Crippen LogP contribution in [0.2, 0.25) is 0 Å². The van der Waals surface area contributed by atoms with Gasteiger partial charge in [-0.15, -0.1) is 16.8 Å². The van der Waals surface area contributed by atoms with Crippen molar-refractivity contribution in [1.82, 2.24) is 14.8 Å². The van der Waals surface area contributed by atoms with Crippen LogP contribution in [-0.4, -0.2) is 14.8 Å². The number of thioether (sulfide) groups is 1. The van der Waals surface area contributed by atoms with Gasteiger partial charge in [-0.25, -0.2) is 4.39 Å². The Morgan fingerprint density at radius 1 is 1.00 bits per heavy atom. The summed E-state index contributed by atoms with van der Waals surface area (Å²) in [5.74, 6) is 1.79. The molecule has 0 spiro atoms. The number of hydrogen-bond donors (Lipinski definition) is 0. The molecule has 4 aromatic rings. The molecule has 0 amide bonds. The van der Waals surface area contributed by atoms with Crippen molar-refractivity contribution in [3.63, 3.8) is 0 Å². The van der Waals surface area contributed by atoms with Crippen molar-refractivity contribution in [2.75, 3.05) is 0 Å². The van der Waals surface area contributed by atoms with Crippen molar-refractivity contribution in [3.8, 4) is 5.75 Å². The van der Waals surface area contributed by atoms with Crippen LogP contribution in [0, 0.1) is 5.82 Å². The lowest BCUT2D eigenvalue weighted by atomic mass is 10.1. The normalized spacial score (nSPS) is 10.9. The van der Waals surface area contributed by atoms with Gasteiger partial charge >= 0.3 is 0 Å². The van der Waals surface area contributed by atoms with E-state index in [1.165, 1.54) is 28.5 Å². The van der Waals surface area contributed by atoms with Gasteiger partial charge in [0.2, 0.25) is 0 Å². The summed E-state index contributed by atoms with van der Waals surface area (Å²) in [7, 11) is 0. The molecule has 0 fully saturated rings. The van der Waals surface area contributed by atoms with Crippen LogP contribution in [0.3, 0.4) is 0 Å². The number of hydrogen-bond acceptors (Lipinski definition) is 4. The monoisotopic (exact) mass is 405 g/mol. The summed E-state index contributed by atoms with van der Waals surface area (Å²) in [4.78, 5) is 0. The Balaban J connectivity index is 1.50. The number of fused-ring (bicyclic) bond motifs is 1. The average Bonchev–Trinajstić information content (AvgIpc) is 3.13. The predicted molar refractivity (Wildman–Crippen MR) is 114 cm³/mol. The van der Waals surface area contributed by atoms with Gasteiger partial charge in [0.25, 0.3) is 0 Å². The lowest BCUT2D eigenvalue weighted by Gasteiger charge is -2.10. The molecular formula is C23H20FN3OS. The number of nitrogens with zero attached hydrogens (tertiary/aromatic N) is 3. The van der Waals surface area contributed by atoms with Crippen molar-refractivity contribution < 1.29 is 9.13 Å². The van der Waals surface area contributed by atoms with Gasteiger partial charge in [0, 0.05) is 12.3 Å². The molecule has 0 bridgehead atoms. The maximum atomic E-state index is 13.0. The van der Waals surface area contributed by atoms with Crippen LogP contribution < -0.4 is 4.74 Å². The SMILES string of the molecule is C=CCn1c(COc2ccc(F)cc2)nnc1SCc1cccc2ccccc12. The number of rotatable bonds is 8. The molecular weight excluding hydrogens is 385 g/mol. The summed E-state index contributed by atoms with van der Waals surface area (Å²) in [5, 5.41) is 11.9. The topological polar surface area (TPSA) is 39.9 Å². The fourth-order valence-corrected chi connectivity index (χ4v) is 4.05. The van der Waals surface area contributed by atoms with Crippen LogP contribution in [0.25, 0.3) is 10.8 Å². The zero-order chi connectivity index (χ0) is 20.1. The Bertz CT molecular complexity index is 1120. The van der Waals surface area contributed by atoms with E-state index >= 15 is 0 Å². The van der Waals surface area contributed by atoms with Gasteiger partial charge in [0.05, 0.1) is 0 Å². The summed E-state index contributed by atoms with van der Waals surface area (Å²) in [6.07, 6.45) is 1.81. The fourth-order valence-electron chi connectivity index (χ4n) is 3.08. The van der Waals surface area contributed by atoms with E-state index < -0.39 is 0 Å². The fraction of sp³-hybridized carbons (Fsp3) is 0.130. The molecule has 0 radical (unpaired) electrons. The first-order valence-electron chi connectivity index (χ1n) is 9.25. The molecule has 0 unspecified atom stereocenters. The molecule has 3 aromatic carbocycles. The van der Waals surface area contributed by atoms with E-state index in [4.69, 9.17) is 4.74 Å². The van der Waals surface area contributed by atoms with Crippen LogP contribution in [0.15, 0.2) is 84.5 Å². The van der Waals surface area contributed by atoms with Crippen molar-refractivity contribution in [2.45, 2.75) is 24.1 Å². The highest BCUT2D eigenvalue weighted by molar-refractivity contribution is 7.98. The number of halogens is 1. The van der Waals surface area contributed by atoms with E-state index in [1.54, 1.807) is 23.9 Å². The van der Waals surface area contributed by atoms with Gasteiger partial charge in [-0.3, -0.25) is 4.57 Å². The van der Waals surface area contributed by atoms with Crippen molar-refractivity contribution >= 4 is 22.5 Å². The minimum atomic E-state index is -0.292. The molecule has 1 heterocycles. The van der Waals surface area contributed by atoms with Gasteiger partial charge in [-0.1, -0.05) is 60.3 Å². The molecule has 0 atom stereocenters. The van der Waals surface area contributed by atoms with Gasteiger partial charge in [-0.05, 0) is 40.6 Å². The molecule has 0 aliphatic heterocycles. The number of aromatic nitrogens is 3. The third kappa shape index (κ3) is 4.49. The van der Waals surface area contributed by atoms with Gasteiger partial charge < -0.3 is 4.74 Å². The van der Waals surface area contributed by atoms with E-state index in [1.807, 2.05) is 16.7 Å². The Morgan fingerprint density at radius 3 is 2.62 bits per heavy atom. The first kappa shape index (κ1) is 19.2. The minimum absolute atomic E-state index is 0.251. The quantitative estimate of drug-likeness (QED) is 0.281. The maximum absolute atomic E-state index is 13.0. The summed E-state index contributed by atoms with van der Waals surface area (Å²) in [6.45, 7) is 4.68. The molecule has 0 aliphatic carbocycles. The van der Waals surface area contributed by atoms with Crippen LogP contribution >= 0.6 is 11.8 Å². The Morgan fingerprint density at radius 2 is 1.79 bits per heavy atom. The van der Waals surface area contributed by atoms with Crippen molar-refractivity contribution in [1.29, 1.82) is 0 Å². The van der Waals surface area contributed by atoms with E-state index in [0.717, 1.165) is 10.9 Å². The highest BCUT2D eigenvalue weighted by Crippen LogP contribution is 2.27. The molecule has 0 N–H and O–H groups in total. The summed E-state index contributed by atoms with van der Waals surface area (Å²) >= 11 is 1.64. The second-order valence-electron chi connectivity index (χ2n) is 6.47. The number of allylic oxidation sites excluding steroid dienone is 1. The minimum Gasteiger partial charge on any atom is -0.486 e. The first-order valence-corrected chi connectivity index (χ1v) is 10.2. The number of benzene rings is 3. The first-order chi connectivity index (χ1) is 14.2. The second kappa shape index (κ2) is 8.92. The Kier molecular flexibility index (Phi) is 5.91. The average molecular weight is 405 g/mol. The van der Waals surface area contributed by atoms with Crippen LogP contribution in [0.5, 0.6) is 5.75 Å². The van der Waals surface area contributed by atoms with Gasteiger partial charge in [-0.2, -0.15) is 0 Å². The zero-order valence-corrected chi connectivity index (χ0v) is 16.6. The Hall–Kier alpha value is -3.12. The third-order valence-electron chi connectivity index (χ3n) is 4.52.